The van der Waals surface area contributed by atoms with E-state index in [0.717, 1.165) is 41.2 Å². The van der Waals surface area contributed by atoms with Gasteiger partial charge in [-0.15, -0.1) is 0 Å². The molecule has 0 atom stereocenters. The molecule has 4 aromatic rings. The Balaban J connectivity index is 1.75. The van der Waals surface area contributed by atoms with Crippen LogP contribution in [0, 0.1) is 13.8 Å². The van der Waals surface area contributed by atoms with Crippen LogP contribution in [-0.4, -0.2) is 21.3 Å². The van der Waals surface area contributed by atoms with Crippen molar-refractivity contribution in [1.82, 2.24) is 14.7 Å². The Morgan fingerprint density at radius 3 is 2.41 bits per heavy atom. The van der Waals surface area contributed by atoms with Gasteiger partial charge in [0.25, 0.3) is 0 Å². The third-order valence-corrected chi connectivity index (χ3v) is 5.36. The van der Waals surface area contributed by atoms with Crippen LogP contribution in [0.2, 0.25) is 0 Å². The number of rotatable bonds is 6. The molecule has 0 aliphatic heterocycles. The summed E-state index contributed by atoms with van der Waals surface area (Å²) >= 11 is 0. The molecule has 0 spiro atoms. The number of anilines is 2. The molecule has 4 rings (SSSR count). The first-order valence-corrected chi connectivity index (χ1v) is 10.0. The normalized spacial score (nSPS) is 11.0. The number of nitrogens with zero attached hydrogens (tertiary/aromatic N) is 4. The SMILES string of the molecule is CCc1ccc(-c2c(C)noc2C)cc1N(CC)c1ccc(-n2ccnc2)cc1. The molecule has 0 unspecified atom stereocenters. The summed E-state index contributed by atoms with van der Waals surface area (Å²) in [5.41, 5.74) is 7.96. The molecule has 148 valence electrons. The number of aryl methyl sites for hydroxylation is 3. The van der Waals surface area contributed by atoms with Gasteiger partial charge < -0.3 is 14.0 Å². The van der Waals surface area contributed by atoms with E-state index in [9.17, 15) is 0 Å². The van der Waals surface area contributed by atoms with Crippen molar-refractivity contribution in [3.8, 4) is 16.8 Å². The van der Waals surface area contributed by atoms with Crippen molar-refractivity contribution in [3.63, 3.8) is 0 Å². The Kier molecular flexibility index (Phi) is 5.21. The Morgan fingerprint density at radius 1 is 1.03 bits per heavy atom. The van der Waals surface area contributed by atoms with E-state index >= 15 is 0 Å². The van der Waals surface area contributed by atoms with E-state index in [1.54, 1.807) is 6.20 Å². The standard InChI is InChI=1S/C24H26N4O/c1-5-19-7-8-20(24-17(3)26-29-18(24)4)15-23(19)28(6-2)22-11-9-21(10-12-22)27-14-13-25-16-27/h7-16H,5-6H2,1-4H3. The molecular formula is C24H26N4O. The van der Waals surface area contributed by atoms with Crippen LogP contribution in [-0.2, 0) is 6.42 Å². The molecular weight excluding hydrogens is 360 g/mol. The molecule has 5 nitrogen and oxygen atoms in total. The van der Waals surface area contributed by atoms with Crippen LogP contribution < -0.4 is 4.90 Å². The van der Waals surface area contributed by atoms with E-state index in [1.165, 1.54) is 16.9 Å². The number of hydrogen-bond donors (Lipinski definition) is 0. The minimum absolute atomic E-state index is 0.852. The molecule has 0 aliphatic rings. The highest BCUT2D eigenvalue weighted by atomic mass is 16.5. The zero-order chi connectivity index (χ0) is 20.4. The fraction of sp³-hybridized carbons (Fsp3) is 0.250. The molecule has 0 saturated carbocycles. The quantitative estimate of drug-likeness (QED) is 0.416. The minimum atomic E-state index is 0.852. The van der Waals surface area contributed by atoms with E-state index in [2.05, 4.69) is 71.4 Å². The lowest BCUT2D eigenvalue weighted by molar-refractivity contribution is 0.393. The summed E-state index contributed by atoms with van der Waals surface area (Å²) in [5.74, 6) is 0.852. The van der Waals surface area contributed by atoms with Crippen LogP contribution in [0.4, 0.5) is 11.4 Å². The van der Waals surface area contributed by atoms with E-state index in [0.29, 0.717) is 0 Å². The molecule has 2 aromatic carbocycles. The predicted octanol–water partition coefficient (Wildman–Crippen LogP) is 5.86. The molecule has 5 heteroatoms. The highest BCUT2D eigenvalue weighted by Crippen LogP contribution is 2.35. The van der Waals surface area contributed by atoms with Crippen LogP contribution in [0.5, 0.6) is 0 Å². The van der Waals surface area contributed by atoms with Crippen molar-refractivity contribution in [2.75, 3.05) is 11.4 Å². The zero-order valence-corrected chi connectivity index (χ0v) is 17.4. The number of hydrogen-bond acceptors (Lipinski definition) is 4. The molecule has 0 amide bonds. The lowest BCUT2D eigenvalue weighted by atomic mass is 9.99. The van der Waals surface area contributed by atoms with Gasteiger partial charge in [0.15, 0.2) is 0 Å². The Morgan fingerprint density at radius 2 is 1.83 bits per heavy atom. The summed E-state index contributed by atoms with van der Waals surface area (Å²) in [4.78, 5) is 6.49. The second-order valence-corrected chi connectivity index (χ2v) is 7.13. The van der Waals surface area contributed by atoms with Gasteiger partial charge >= 0.3 is 0 Å². The number of imidazole rings is 1. The molecule has 0 N–H and O–H groups in total. The van der Waals surface area contributed by atoms with Gasteiger partial charge in [0.2, 0.25) is 0 Å². The van der Waals surface area contributed by atoms with Gasteiger partial charge in [0.05, 0.1) is 12.0 Å². The van der Waals surface area contributed by atoms with Gasteiger partial charge in [0.1, 0.15) is 5.76 Å². The summed E-state index contributed by atoms with van der Waals surface area (Å²) in [5, 5.41) is 4.13. The highest BCUT2D eigenvalue weighted by Gasteiger charge is 2.17. The van der Waals surface area contributed by atoms with Crippen molar-refractivity contribution in [2.24, 2.45) is 0 Å². The molecule has 2 aromatic heterocycles. The topological polar surface area (TPSA) is 47.1 Å². The third kappa shape index (κ3) is 3.56. The minimum Gasteiger partial charge on any atom is -0.361 e. The molecule has 2 heterocycles. The van der Waals surface area contributed by atoms with Gasteiger partial charge in [-0.25, -0.2) is 4.98 Å². The van der Waals surface area contributed by atoms with Crippen LogP contribution in [0.1, 0.15) is 30.9 Å². The van der Waals surface area contributed by atoms with Gasteiger partial charge in [0, 0.05) is 41.6 Å². The van der Waals surface area contributed by atoms with E-state index < -0.39 is 0 Å². The van der Waals surface area contributed by atoms with E-state index in [4.69, 9.17) is 4.52 Å². The molecule has 0 aliphatic carbocycles. The summed E-state index contributed by atoms with van der Waals surface area (Å²) < 4.78 is 7.40. The Labute approximate surface area is 171 Å². The summed E-state index contributed by atoms with van der Waals surface area (Å²) in [7, 11) is 0. The Bertz CT molecular complexity index is 1080. The van der Waals surface area contributed by atoms with Crippen LogP contribution in [0.15, 0.2) is 65.7 Å². The number of aromatic nitrogens is 3. The van der Waals surface area contributed by atoms with E-state index in [1.807, 2.05) is 30.9 Å². The lowest BCUT2D eigenvalue weighted by Crippen LogP contribution is -2.17. The second kappa shape index (κ2) is 7.95. The van der Waals surface area contributed by atoms with Crippen molar-refractivity contribution in [1.29, 1.82) is 0 Å². The molecule has 0 saturated heterocycles. The molecule has 0 radical (unpaired) electrons. The fourth-order valence-corrected chi connectivity index (χ4v) is 3.87. The van der Waals surface area contributed by atoms with Gasteiger partial charge in [-0.2, -0.15) is 0 Å². The average Bonchev–Trinajstić information content (AvgIpc) is 3.39. The van der Waals surface area contributed by atoms with Gasteiger partial charge in [-0.1, -0.05) is 24.2 Å². The first kappa shape index (κ1) is 19.0. The number of benzene rings is 2. The maximum atomic E-state index is 5.40. The van der Waals surface area contributed by atoms with Crippen molar-refractivity contribution in [2.45, 2.75) is 34.1 Å². The molecule has 0 fully saturated rings. The molecule has 29 heavy (non-hydrogen) atoms. The maximum Gasteiger partial charge on any atom is 0.141 e. The monoisotopic (exact) mass is 386 g/mol. The third-order valence-electron chi connectivity index (χ3n) is 5.36. The maximum absolute atomic E-state index is 5.40. The van der Waals surface area contributed by atoms with Crippen molar-refractivity contribution in [3.05, 3.63) is 78.2 Å². The highest BCUT2D eigenvalue weighted by molar-refractivity contribution is 5.76. The van der Waals surface area contributed by atoms with Gasteiger partial charge in [-0.05, 0) is 68.7 Å². The van der Waals surface area contributed by atoms with Crippen molar-refractivity contribution >= 4 is 11.4 Å². The summed E-state index contributed by atoms with van der Waals surface area (Å²) in [6, 6.07) is 15.2. The predicted molar refractivity (Wildman–Crippen MR) is 117 cm³/mol. The lowest BCUT2D eigenvalue weighted by Gasteiger charge is -2.27. The average molecular weight is 386 g/mol. The van der Waals surface area contributed by atoms with E-state index in [-0.39, 0.29) is 0 Å². The molecule has 0 bridgehead atoms. The first-order chi connectivity index (χ1) is 14.1. The van der Waals surface area contributed by atoms with Crippen LogP contribution in [0.3, 0.4) is 0 Å². The van der Waals surface area contributed by atoms with Gasteiger partial charge in [-0.3, -0.25) is 0 Å². The smallest absolute Gasteiger partial charge is 0.141 e. The fourth-order valence-electron chi connectivity index (χ4n) is 3.87. The summed E-state index contributed by atoms with van der Waals surface area (Å²) in [6.07, 6.45) is 6.53. The summed E-state index contributed by atoms with van der Waals surface area (Å²) in [6.45, 7) is 9.22. The van der Waals surface area contributed by atoms with Crippen molar-refractivity contribution < 1.29 is 4.52 Å². The zero-order valence-electron chi connectivity index (χ0n) is 17.4. The largest absolute Gasteiger partial charge is 0.361 e. The van der Waals surface area contributed by atoms with Crippen LogP contribution in [0.25, 0.3) is 16.8 Å². The van der Waals surface area contributed by atoms with Crippen LogP contribution >= 0.6 is 0 Å². The second-order valence-electron chi connectivity index (χ2n) is 7.13. The Hall–Kier alpha value is -3.34. The first-order valence-electron chi connectivity index (χ1n) is 10.0.